The van der Waals surface area contributed by atoms with E-state index in [-0.39, 0.29) is 17.0 Å². The molecule has 1 fully saturated rings. The molecule has 5 nitrogen and oxygen atoms in total. The number of hydrogen-bond acceptors (Lipinski definition) is 4. The molecule has 0 unspecified atom stereocenters. The second-order valence-corrected chi connectivity index (χ2v) is 8.90. The van der Waals surface area contributed by atoms with Crippen LogP contribution in [0.5, 0.6) is 5.75 Å². The maximum absolute atomic E-state index is 13.0. The van der Waals surface area contributed by atoms with Crippen LogP contribution in [0, 0.1) is 19.7 Å². The van der Waals surface area contributed by atoms with Crippen LogP contribution >= 0.6 is 11.8 Å². The minimum Gasteiger partial charge on any atom is -0.489 e. The van der Waals surface area contributed by atoms with Gasteiger partial charge < -0.3 is 9.30 Å². The molecule has 0 bridgehead atoms. The third-order valence-corrected chi connectivity index (χ3v) is 6.40. The molecular formula is C26H25FN2O3S. The molecule has 3 aromatic rings. The molecule has 0 N–H and O–H groups in total. The fourth-order valence-electron chi connectivity index (χ4n) is 3.83. The van der Waals surface area contributed by atoms with Gasteiger partial charge in [0, 0.05) is 23.6 Å². The molecule has 1 aliphatic rings. The fraction of sp³-hybridized carbons (Fsp3) is 0.231. The van der Waals surface area contributed by atoms with Gasteiger partial charge in [0.25, 0.3) is 11.1 Å². The molecule has 2 aromatic carbocycles. The van der Waals surface area contributed by atoms with E-state index in [0.29, 0.717) is 18.1 Å². The topological polar surface area (TPSA) is 51.5 Å². The van der Waals surface area contributed by atoms with Gasteiger partial charge in [-0.3, -0.25) is 14.5 Å². The van der Waals surface area contributed by atoms with Crippen LogP contribution in [0.4, 0.5) is 9.18 Å². The summed E-state index contributed by atoms with van der Waals surface area (Å²) in [6.07, 6.45) is 2.54. The van der Waals surface area contributed by atoms with E-state index in [4.69, 9.17) is 4.74 Å². The Morgan fingerprint density at radius 2 is 1.73 bits per heavy atom. The Balaban J connectivity index is 1.51. The molecule has 170 valence electrons. The van der Waals surface area contributed by atoms with E-state index >= 15 is 0 Å². The van der Waals surface area contributed by atoms with Crippen LogP contribution < -0.4 is 4.74 Å². The predicted molar refractivity (Wildman–Crippen MR) is 129 cm³/mol. The number of nitrogens with zero attached hydrogens (tertiary/aromatic N) is 2. The highest BCUT2D eigenvalue weighted by atomic mass is 32.2. The maximum Gasteiger partial charge on any atom is 0.293 e. The summed E-state index contributed by atoms with van der Waals surface area (Å²) in [5.41, 5.74) is 4.77. The highest BCUT2D eigenvalue weighted by Crippen LogP contribution is 2.34. The van der Waals surface area contributed by atoms with Gasteiger partial charge in [0.15, 0.2) is 0 Å². The van der Waals surface area contributed by atoms with Gasteiger partial charge in [0.05, 0.1) is 4.91 Å². The van der Waals surface area contributed by atoms with Crippen molar-refractivity contribution >= 4 is 29.0 Å². The monoisotopic (exact) mass is 464 g/mol. The summed E-state index contributed by atoms with van der Waals surface area (Å²) in [4.78, 5) is 26.5. The van der Waals surface area contributed by atoms with Crippen molar-refractivity contribution in [2.24, 2.45) is 0 Å². The Labute approximate surface area is 196 Å². The van der Waals surface area contributed by atoms with Gasteiger partial charge in [-0.1, -0.05) is 19.1 Å². The number of aryl methyl sites for hydroxylation is 1. The van der Waals surface area contributed by atoms with E-state index in [9.17, 15) is 14.0 Å². The Morgan fingerprint density at radius 3 is 2.39 bits per heavy atom. The van der Waals surface area contributed by atoms with Gasteiger partial charge in [-0.05, 0) is 91.7 Å². The lowest BCUT2D eigenvalue weighted by Gasteiger charge is -2.12. The second kappa shape index (κ2) is 9.67. The SMILES string of the molecule is CCCN1C(=O)S/C(=C/c2cc(C)n(-c3ccc(OCc4ccc(F)cc4)cc3)c2C)C1=O. The molecule has 1 aromatic heterocycles. The minimum absolute atomic E-state index is 0.210. The number of thioether (sulfide) groups is 1. The molecule has 1 saturated heterocycles. The Bertz CT molecular complexity index is 1210. The van der Waals surface area contributed by atoms with Crippen LogP contribution in [0.25, 0.3) is 11.8 Å². The quantitative estimate of drug-likeness (QED) is 0.387. The van der Waals surface area contributed by atoms with Crippen LogP contribution in [0.3, 0.4) is 0 Å². The first-order valence-electron chi connectivity index (χ1n) is 10.8. The molecule has 0 atom stereocenters. The number of amides is 2. The van der Waals surface area contributed by atoms with Crippen molar-refractivity contribution in [2.75, 3.05) is 6.54 Å². The predicted octanol–water partition coefficient (Wildman–Crippen LogP) is 6.26. The van der Waals surface area contributed by atoms with Gasteiger partial charge in [-0.15, -0.1) is 0 Å². The number of ether oxygens (including phenoxy) is 1. The number of halogens is 1. The molecule has 0 radical (unpaired) electrons. The number of imide groups is 1. The van der Waals surface area contributed by atoms with Crippen molar-refractivity contribution in [3.05, 3.63) is 87.8 Å². The molecule has 1 aliphatic heterocycles. The van der Waals surface area contributed by atoms with Crippen LogP contribution in [0.2, 0.25) is 0 Å². The Hall–Kier alpha value is -3.32. The molecule has 0 aliphatic carbocycles. The van der Waals surface area contributed by atoms with Crippen molar-refractivity contribution in [2.45, 2.75) is 33.8 Å². The smallest absolute Gasteiger partial charge is 0.293 e. The third-order valence-electron chi connectivity index (χ3n) is 5.49. The average Bonchev–Trinajstić information content (AvgIpc) is 3.23. The van der Waals surface area contributed by atoms with Crippen molar-refractivity contribution in [3.8, 4) is 11.4 Å². The molecule has 2 amide bonds. The van der Waals surface area contributed by atoms with Gasteiger partial charge in [0.1, 0.15) is 18.2 Å². The van der Waals surface area contributed by atoms with Crippen LogP contribution in [0.1, 0.15) is 35.9 Å². The van der Waals surface area contributed by atoms with E-state index in [1.165, 1.54) is 17.0 Å². The van der Waals surface area contributed by atoms with Crippen molar-refractivity contribution < 1.29 is 18.7 Å². The van der Waals surface area contributed by atoms with Crippen LogP contribution in [-0.4, -0.2) is 27.2 Å². The van der Waals surface area contributed by atoms with Crippen molar-refractivity contribution in [1.82, 2.24) is 9.47 Å². The van der Waals surface area contributed by atoms with Gasteiger partial charge in [-0.2, -0.15) is 0 Å². The van der Waals surface area contributed by atoms with Gasteiger partial charge >= 0.3 is 0 Å². The molecule has 4 rings (SSSR count). The summed E-state index contributed by atoms with van der Waals surface area (Å²) in [7, 11) is 0. The molecule has 33 heavy (non-hydrogen) atoms. The molecule has 7 heteroatoms. The summed E-state index contributed by atoms with van der Waals surface area (Å²) >= 11 is 0.994. The summed E-state index contributed by atoms with van der Waals surface area (Å²) in [5.74, 6) is 0.228. The maximum atomic E-state index is 13.0. The van der Waals surface area contributed by atoms with Gasteiger partial charge in [0.2, 0.25) is 0 Å². The molecule has 2 heterocycles. The first-order valence-corrected chi connectivity index (χ1v) is 11.6. The number of aromatic nitrogens is 1. The molecular weight excluding hydrogens is 439 g/mol. The number of carbonyl (C=O) groups is 2. The third kappa shape index (κ3) is 4.88. The summed E-state index contributed by atoms with van der Waals surface area (Å²) in [6.45, 7) is 6.74. The van der Waals surface area contributed by atoms with E-state index in [1.807, 2.05) is 51.1 Å². The standard InChI is InChI=1S/C26H25FN2O3S/c1-4-13-28-25(30)24(33-26(28)31)15-20-14-17(2)29(18(20)3)22-9-11-23(12-10-22)32-16-19-5-7-21(27)8-6-19/h5-12,14-15H,4,13,16H2,1-3H3/b24-15+. The van der Waals surface area contributed by atoms with Crippen LogP contribution in [0.15, 0.2) is 59.5 Å². The fourth-order valence-corrected chi connectivity index (χ4v) is 4.68. The van der Waals surface area contributed by atoms with Crippen LogP contribution in [-0.2, 0) is 11.4 Å². The number of benzene rings is 2. The van der Waals surface area contributed by atoms with E-state index in [1.54, 1.807) is 18.2 Å². The Kier molecular flexibility index (Phi) is 6.70. The largest absolute Gasteiger partial charge is 0.489 e. The first kappa shape index (κ1) is 22.9. The Morgan fingerprint density at radius 1 is 1.03 bits per heavy atom. The van der Waals surface area contributed by atoms with E-state index in [2.05, 4.69) is 4.57 Å². The first-order chi connectivity index (χ1) is 15.9. The number of rotatable bonds is 7. The van der Waals surface area contributed by atoms with Crippen molar-refractivity contribution in [1.29, 1.82) is 0 Å². The summed E-state index contributed by atoms with van der Waals surface area (Å²) < 4.78 is 21.0. The zero-order chi connectivity index (χ0) is 23.5. The van der Waals surface area contributed by atoms with E-state index in [0.717, 1.165) is 52.1 Å². The lowest BCUT2D eigenvalue weighted by Crippen LogP contribution is -2.28. The lowest BCUT2D eigenvalue weighted by molar-refractivity contribution is -0.122. The zero-order valence-electron chi connectivity index (χ0n) is 18.8. The van der Waals surface area contributed by atoms with Crippen molar-refractivity contribution in [3.63, 3.8) is 0 Å². The zero-order valence-corrected chi connectivity index (χ0v) is 19.6. The second-order valence-electron chi connectivity index (χ2n) is 7.90. The minimum atomic E-state index is -0.267. The summed E-state index contributed by atoms with van der Waals surface area (Å²) in [6, 6.07) is 16.0. The summed E-state index contributed by atoms with van der Waals surface area (Å²) in [5, 5.41) is -0.210. The highest BCUT2D eigenvalue weighted by molar-refractivity contribution is 8.18. The highest BCUT2D eigenvalue weighted by Gasteiger charge is 2.34. The molecule has 0 saturated carbocycles. The van der Waals surface area contributed by atoms with E-state index < -0.39 is 0 Å². The average molecular weight is 465 g/mol. The number of hydrogen-bond donors (Lipinski definition) is 0. The number of carbonyl (C=O) groups excluding carboxylic acids is 2. The lowest BCUT2D eigenvalue weighted by atomic mass is 10.2. The molecule has 0 spiro atoms. The van der Waals surface area contributed by atoms with Gasteiger partial charge in [-0.25, -0.2) is 4.39 Å². The normalized spacial score (nSPS) is 15.0.